The van der Waals surface area contributed by atoms with E-state index in [9.17, 15) is 4.79 Å². The second kappa shape index (κ2) is 6.83. The van der Waals surface area contributed by atoms with Crippen LogP contribution in [0.4, 0.5) is 5.69 Å². The van der Waals surface area contributed by atoms with E-state index in [2.05, 4.69) is 15.3 Å². The number of H-pyrrole nitrogens is 1. The van der Waals surface area contributed by atoms with Crippen molar-refractivity contribution in [2.45, 2.75) is 6.42 Å². The number of para-hydroxylation sites is 4. The topological polar surface area (TPSA) is 93.0 Å². The summed E-state index contributed by atoms with van der Waals surface area (Å²) in [4.78, 5) is 19.5. The number of carbonyl (C=O) groups is 1. The number of rotatable bonds is 6. The highest BCUT2D eigenvalue weighted by atomic mass is 16.5. The van der Waals surface area contributed by atoms with Gasteiger partial charge in [-0.1, -0.05) is 24.3 Å². The molecule has 0 bridgehead atoms. The Kier molecular flexibility index (Phi) is 4.42. The zero-order valence-electron chi connectivity index (χ0n) is 12.6. The van der Waals surface area contributed by atoms with Crippen LogP contribution in [0.1, 0.15) is 5.82 Å². The second-order valence-electron chi connectivity index (χ2n) is 5.13. The maximum absolute atomic E-state index is 11.8. The average Bonchev–Trinajstić information content (AvgIpc) is 2.97. The van der Waals surface area contributed by atoms with E-state index in [1.54, 1.807) is 12.1 Å². The fourth-order valence-electron chi connectivity index (χ4n) is 2.25. The van der Waals surface area contributed by atoms with Crippen LogP contribution in [0.2, 0.25) is 0 Å². The number of nitrogens with zero attached hydrogens (tertiary/aromatic N) is 1. The number of hydrogen-bond acceptors (Lipinski definition) is 4. The molecule has 6 nitrogen and oxygen atoms in total. The molecule has 1 amide bonds. The van der Waals surface area contributed by atoms with Crippen LogP contribution in [-0.4, -0.2) is 29.0 Å². The van der Waals surface area contributed by atoms with E-state index >= 15 is 0 Å². The first-order chi connectivity index (χ1) is 11.2. The third-order valence-corrected chi connectivity index (χ3v) is 3.40. The number of ether oxygens (including phenoxy) is 1. The molecule has 0 aliphatic rings. The summed E-state index contributed by atoms with van der Waals surface area (Å²) < 4.78 is 5.39. The summed E-state index contributed by atoms with van der Waals surface area (Å²) in [6.45, 7) is 0.431. The van der Waals surface area contributed by atoms with Crippen molar-refractivity contribution in [3.8, 4) is 5.75 Å². The lowest BCUT2D eigenvalue weighted by Gasteiger charge is -2.08. The smallest absolute Gasteiger partial charge is 0.257 e. The fraction of sp³-hybridized carbons (Fsp3) is 0.176. The van der Waals surface area contributed by atoms with E-state index in [1.165, 1.54) is 0 Å². The van der Waals surface area contributed by atoms with Crippen LogP contribution >= 0.6 is 0 Å². The zero-order chi connectivity index (χ0) is 16.1. The number of fused-ring (bicyclic) bond motifs is 1. The molecule has 0 fully saturated rings. The fourth-order valence-corrected chi connectivity index (χ4v) is 2.25. The van der Waals surface area contributed by atoms with Gasteiger partial charge in [-0.25, -0.2) is 4.98 Å². The quantitative estimate of drug-likeness (QED) is 0.606. The minimum absolute atomic E-state index is 0.0612. The van der Waals surface area contributed by atoms with Crippen molar-refractivity contribution in [3.63, 3.8) is 0 Å². The van der Waals surface area contributed by atoms with Crippen molar-refractivity contribution >= 4 is 22.6 Å². The summed E-state index contributed by atoms with van der Waals surface area (Å²) in [5, 5.41) is 2.80. The Bertz CT molecular complexity index is 780. The number of anilines is 1. The van der Waals surface area contributed by atoms with Crippen LogP contribution in [0.5, 0.6) is 5.75 Å². The van der Waals surface area contributed by atoms with E-state index in [-0.39, 0.29) is 12.5 Å². The summed E-state index contributed by atoms with van der Waals surface area (Å²) in [6.07, 6.45) is 0.633. The molecule has 3 aromatic rings. The molecular formula is C17H18N4O2. The molecule has 0 aliphatic carbocycles. The molecule has 1 heterocycles. The Morgan fingerprint density at radius 2 is 1.96 bits per heavy atom. The minimum Gasteiger partial charge on any atom is -0.482 e. The van der Waals surface area contributed by atoms with E-state index in [1.807, 2.05) is 36.4 Å². The van der Waals surface area contributed by atoms with Crippen molar-refractivity contribution in [1.29, 1.82) is 0 Å². The predicted octanol–water partition coefficient (Wildman–Crippen LogP) is 1.88. The van der Waals surface area contributed by atoms with Gasteiger partial charge in [-0.3, -0.25) is 4.79 Å². The van der Waals surface area contributed by atoms with E-state index < -0.39 is 0 Å². The van der Waals surface area contributed by atoms with Gasteiger partial charge in [0.1, 0.15) is 11.6 Å². The molecule has 4 N–H and O–H groups in total. The first-order valence-electron chi connectivity index (χ1n) is 7.40. The molecule has 0 atom stereocenters. The van der Waals surface area contributed by atoms with Gasteiger partial charge in [0.2, 0.25) is 0 Å². The van der Waals surface area contributed by atoms with Crippen LogP contribution < -0.4 is 15.8 Å². The molecule has 0 unspecified atom stereocenters. The average molecular weight is 310 g/mol. The highest BCUT2D eigenvalue weighted by molar-refractivity contribution is 5.78. The van der Waals surface area contributed by atoms with Gasteiger partial charge >= 0.3 is 0 Å². The van der Waals surface area contributed by atoms with Crippen molar-refractivity contribution < 1.29 is 9.53 Å². The number of nitrogens with two attached hydrogens (primary N) is 1. The SMILES string of the molecule is Nc1ccccc1OCC(=O)NCCc1nc2ccccc2[nH]1. The molecule has 0 spiro atoms. The molecule has 2 aromatic carbocycles. The minimum atomic E-state index is -0.190. The van der Waals surface area contributed by atoms with Crippen molar-refractivity contribution in [1.82, 2.24) is 15.3 Å². The van der Waals surface area contributed by atoms with Gasteiger partial charge in [0.15, 0.2) is 6.61 Å². The molecule has 6 heteroatoms. The van der Waals surface area contributed by atoms with Gasteiger partial charge in [0.25, 0.3) is 5.91 Å². The Balaban J connectivity index is 1.45. The Morgan fingerprint density at radius 3 is 2.78 bits per heavy atom. The molecule has 3 rings (SSSR count). The van der Waals surface area contributed by atoms with Gasteiger partial charge in [-0.05, 0) is 24.3 Å². The van der Waals surface area contributed by atoms with Crippen molar-refractivity contribution in [3.05, 3.63) is 54.4 Å². The molecule has 118 valence electrons. The number of benzene rings is 2. The number of nitrogen functional groups attached to an aromatic ring is 1. The van der Waals surface area contributed by atoms with Crippen LogP contribution in [0.3, 0.4) is 0 Å². The predicted molar refractivity (Wildman–Crippen MR) is 89.2 cm³/mol. The van der Waals surface area contributed by atoms with Crippen molar-refractivity contribution in [2.75, 3.05) is 18.9 Å². The third kappa shape index (κ3) is 3.79. The lowest BCUT2D eigenvalue weighted by atomic mass is 10.3. The molecule has 0 saturated heterocycles. The third-order valence-electron chi connectivity index (χ3n) is 3.40. The maximum Gasteiger partial charge on any atom is 0.257 e. The first kappa shape index (κ1) is 14.9. The van der Waals surface area contributed by atoms with Crippen LogP contribution in [0.25, 0.3) is 11.0 Å². The highest BCUT2D eigenvalue weighted by Crippen LogP contribution is 2.19. The number of amides is 1. The molecule has 23 heavy (non-hydrogen) atoms. The number of aromatic amines is 1. The number of hydrogen-bond donors (Lipinski definition) is 3. The molecule has 0 saturated carbocycles. The second-order valence-corrected chi connectivity index (χ2v) is 5.13. The van der Waals surface area contributed by atoms with E-state index in [0.717, 1.165) is 16.9 Å². The summed E-state index contributed by atoms with van der Waals surface area (Å²) in [5.74, 6) is 1.17. The Hall–Kier alpha value is -3.02. The van der Waals surface area contributed by atoms with E-state index in [0.29, 0.717) is 24.4 Å². The lowest BCUT2D eigenvalue weighted by Crippen LogP contribution is -2.30. The van der Waals surface area contributed by atoms with Gasteiger partial charge in [0, 0.05) is 13.0 Å². The molecule has 0 radical (unpaired) electrons. The largest absolute Gasteiger partial charge is 0.482 e. The maximum atomic E-state index is 11.8. The highest BCUT2D eigenvalue weighted by Gasteiger charge is 2.06. The summed E-state index contributed by atoms with van der Waals surface area (Å²) >= 11 is 0. The number of imidazole rings is 1. The number of aromatic nitrogens is 2. The lowest BCUT2D eigenvalue weighted by molar-refractivity contribution is -0.123. The first-order valence-corrected chi connectivity index (χ1v) is 7.40. The summed E-state index contributed by atoms with van der Waals surface area (Å²) in [7, 11) is 0. The normalized spacial score (nSPS) is 10.6. The Labute approximate surface area is 133 Å². The van der Waals surface area contributed by atoms with Crippen LogP contribution in [-0.2, 0) is 11.2 Å². The van der Waals surface area contributed by atoms with Crippen molar-refractivity contribution in [2.24, 2.45) is 0 Å². The number of carbonyl (C=O) groups excluding carboxylic acids is 1. The standard InChI is InChI=1S/C17H18N4O2/c18-12-5-1-4-8-15(12)23-11-17(22)19-10-9-16-20-13-6-2-3-7-14(13)21-16/h1-8H,9-11,18H2,(H,19,22)(H,20,21). The monoisotopic (exact) mass is 310 g/mol. The molecule has 1 aromatic heterocycles. The Morgan fingerprint density at radius 1 is 1.17 bits per heavy atom. The van der Waals surface area contributed by atoms with Gasteiger partial charge < -0.3 is 20.8 Å². The van der Waals surface area contributed by atoms with Gasteiger partial charge in [0.05, 0.1) is 16.7 Å². The molecular weight excluding hydrogens is 292 g/mol. The zero-order valence-corrected chi connectivity index (χ0v) is 12.6. The van der Waals surface area contributed by atoms with Crippen LogP contribution in [0, 0.1) is 0 Å². The van der Waals surface area contributed by atoms with E-state index in [4.69, 9.17) is 10.5 Å². The van der Waals surface area contributed by atoms with Crippen LogP contribution in [0.15, 0.2) is 48.5 Å². The molecule has 0 aliphatic heterocycles. The van der Waals surface area contributed by atoms with Gasteiger partial charge in [-0.2, -0.15) is 0 Å². The number of nitrogens with one attached hydrogen (secondary N) is 2. The summed E-state index contributed by atoms with van der Waals surface area (Å²) in [6, 6.07) is 14.9. The van der Waals surface area contributed by atoms with Gasteiger partial charge in [-0.15, -0.1) is 0 Å². The summed E-state index contributed by atoms with van der Waals surface area (Å²) in [5.41, 5.74) is 8.19.